The van der Waals surface area contributed by atoms with Crippen LogP contribution in [0, 0.1) is 5.82 Å². The van der Waals surface area contributed by atoms with Crippen LogP contribution in [0.2, 0.25) is 0 Å². The lowest BCUT2D eigenvalue weighted by Gasteiger charge is -2.28. The smallest absolute Gasteiger partial charge is 0.262 e. The van der Waals surface area contributed by atoms with Gasteiger partial charge in [-0.3, -0.25) is 9.59 Å². The predicted molar refractivity (Wildman–Crippen MR) is 99.7 cm³/mol. The number of halogens is 1. The summed E-state index contributed by atoms with van der Waals surface area (Å²) in [5, 5.41) is 2.74. The van der Waals surface area contributed by atoms with Crippen LogP contribution >= 0.6 is 0 Å². The third kappa shape index (κ3) is 4.75. The van der Waals surface area contributed by atoms with Gasteiger partial charge in [-0.15, -0.1) is 0 Å². The molecule has 2 amide bonds. The maximum atomic E-state index is 12.9. The molecule has 0 atom stereocenters. The summed E-state index contributed by atoms with van der Waals surface area (Å²) in [5.41, 5.74) is 1.18. The minimum atomic E-state index is -0.371. The maximum Gasteiger partial charge on any atom is 0.262 e. The molecule has 0 bridgehead atoms. The molecule has 1 aliphatic rings. The summed E-state index contributed by atoms with van der Waals surface area (Å²) in [4.78, 5) is 26.0. The molecule has 1 aliphatic heterocycles. The molecule has 27 heavy (non-hydrogen) atoms. The van der Waals surface area contributed by atoms with E-state index in [1.54, 1.807) is 30.2 Å². The molecule has 3 rings (SSSR count). The molecule has 1 N–H and O–H groups in total. The topological polar surface area (TPSA) is 67.9 Å². The monoisotopic (exact) mass is 372 g/mol. The molecule has 2 aromatic rings. The highest BCUT2D eigenvalue weighted by molar-refractivity contribution is 5.97. The van der Waals surface area contributed by atoms with E-state index in [0.717, 1.165) is 12.8 Å². The van der Waals surface area contributed by atoms with E-state index in [2.05, 4.69) is 5.32 Å². The molecular weight excluding hydrogens is 351 g/mol. The number of hydrogen-bond donors (Lipinski definition) is 1. The van der Waals surface area contributed by atoms with E-state index in [1.165, 1.54) is 24.3 Å². The number of benzene rings is 2. The van der Waals surface area contributed by atoms with Crippen LogP contribution in [-0.2, 0) is 9.59 Å². The summed E-state index contributed by atoms with van der Waals surface area (Å²) in [7, 11) is 1.54. The number of methoxy groups -OCH3 is 1. The van der Waals surface area contributed by atoms with Crippen molar-refractivity contribution in [2.45, 2.75) is 19.3 Å². The molecule has 0 radical (unpaired) electrons. The van der Waals surface area contributed by atoms with Crippen LogP contribution < -0.4 is 19.7 Å². The number of amides is 2. The number of carbonyl (C=O) groups is 2. The van der Waals surface area contributed by atoms with Gasteiger partial charge in [-0.1, -0.05) is 0 Å². The van der Waals surface area contributed by atoms with Gasteiger partial charge in [0, 0.05) is 18.7 Å². The molecule has 142 valence electrons. The predicted octanol–water partition coefficient (Wildman–Crippen LogP) is 3.37. The highest BCUT2D eigenvalue weighted by Crippen LogP contribution is 2.33. The summed E-state index contributed by atoms with van der Waals surface area (Å²) in [6, 6.07) is 10.6. The van der Waals surface area contributed by atoms with E-state index in [1.807, 2.05) is 0 Å². The van der Waals surface area contributed by atoms with E-state index >= 15 is 0 Å². The Morgan fingerprint density at radius 3 is 2.67 bits per heavy atom. The number of piperidine rings is 1. The first-order valence-corrected chi connectivity index (χ1v) is 8.73. The first-order valence-electron chi connectivity index (χ1n) is 8.73. The van der Waals surface area contributed by atoms with Gasteiger partial charge in [0.15, 0.2) is 6.61 Å². The Morgan fingerprint density at radius 2 is 1.96 bits per heavy atom. The lowest BCUT2D eigenvalue weighted by molar-refractivity contribution is -0.119. The van der Waals surface area contributed by atoms with Gasteiger partial charge >= 0.3 is 0 Å². The normalized spacial score (nSPS) is 14.0. The van der Waals surface area contributed by atoms with Crippen molar-refractivity contribution in [3.05, 3.63) is 48.3 Å². The summed E-state index contributed by atoms with van der Waals surface area (Å²) >= 11 is 0. The largest absolute Gasteiger partial charge is 0.495 e. The van der Waals surface area contributed by atoms with Crippen molar-refractivity contribution < 1.29 is 23.5 Å². The second-order valence-electron chi connectivity index (χ2n) is 6.18. The van der Waals surface area contributed by atoms with E-state index in [9.17, 15) is 14.0 Å². The van der Waals surface area contributed by atoms with Crippen LogP contribution in [0.5, 0.6) is 11.5 Å². The molecule has 1 heterocycles. The zero-order valence-electron chi connectivity index (χ0n) is 15.0. The third-order valence-corrected chi connectivity index (χ3v) is 4.26. The molecule has 0 spiro atoms. The number of nitrogens with one attached hydrogen (secondary N) is 1. The first kappa shape index (κ1) is 18.7. The molecule has 0 unspecified atom stereocenters. The van der Waals surface area contributed by atoms with Crippen molar-refractivity contribution in [1.29, 1.82) is 0 Å². The van der Waals surface area contributed by atoms with Gasteiger partial charge < -0.3 is 19.7 Å². The SMILES string of the molecule is COc1ccc(NC(=O)COc2ccc(F)cc2)cc1N1CCCCC1=O. The van der Waals surface area contributed by atoms with Crippen LogP contribution in [0.25, 0.3) is 0 Å². The minimum Gasteiger partial charge on any atom is -0.495 e. The van der Waals surface area contributed by atoms with Crippen LogP contribution in [0.1, 0.15) is 19.3 Å². The second kappa shape index (κ2) is 8.53. The molecule has 7 heteroatoms. The van der Waals surface area contributed by atoms with Crippen molar-refractivity contribution in [2.75, 3.05) is 30.5 Å². The molecule has 2 aromatic carbocycles. The van der Waals surface area contributed by atoms with E-state index in [4.69, 9.17) is 9.47 Å². The fourth-order valence-corrected chi connectivity index (χ4v) is 2.92. The summed E-state index contributed by atoms with van der Waals surface area (Å²) in [5.74, 6) is 0.291. The summed E-state index contributed by atoms with van der Waals surface area (Å²) in [6.07, 6.45) is 2.32. The zero-order valence-corrected chi connectivity index (χ0v) is 15.0. The van der Waals surface area contributed by atoms with Gasteiger partial charge in [0.2, 0.25) is 5.91 Å². The van der Waals surface area contributed by atoms with Crippen molar-refractivity contribution in [3.8, 4) is 11.5 Å². The molecule has 1 saturated heterocycles. The van der Waals surface area contributed by atoms with Gasteiger partial charge in [-0.2, -0.15) is 0 Å². The Balaban J connectivity index is 1.67. The number of carbonyl (C=O) groups excluding carboxylic acids is 2. The van der Waals surface area contributed by atoms with Crippen molar-refractivity contribution in [1.82, 2.24) is 0 Å². The lowest BCUT2D eigenvalue weighted by atomic mass is 10.1. The highest BCUT2D eigenvalue weighted by Gasteiger charge is 2.23. The molecule has 1 fully saturated rings. The Morgan fingerprint density at radius 1 is 1.19 bits per heavy atom. The molecular formula is C20H21FN2O4. The minimum absolute atomic E-state index is 0.0441. The van der Waals surface area contributed by atoms with Gasteiger partial charge in [0.05, 0.1) is 12.8 Å². The quantitative estimate of drug-likeness (QED) is 0.844. The Labute approximate surface area is 156 Å². The third-order valence-electron chi connectivity index (χ3n) is 4.26. The molecule has 0 saturated carbocycles. The standard InChI is InChI=1S/C20H21FN2O4/c1-26-18-10-7-15(12-17(18)23-11-3-2-4-20(23)25)22-19(24)13-27-16-8-5-14(21)6-9-16/h5-10,12H,2-4,11,13H2,1H3,(H,22,24). The number of hydrogen-bond acceptors (Lipinski definition) is 4. The van der Waals surface area contributed by atoms with Crippen molar-refractivity contribution >= 4 is 23.2 Å². The number of nitrogens with zero attached hydrogens (tertiary/aromatic N) is 1. The van der Waals surface area contributed by atoms with Crippen molar-refractivity contribution in [2.24, 2.45) is 0 Å². The van der Waals surface area contributed by atoms with Crippen LogP contribution in [0.15, 0.2) is 42.5 Å². The average molecular weight is 372 g/mol. The second-order valence-corrected chi connectivity index (χ2v) is 6.18. The van der Waals surface area contributed by atoms with E-state index in [0.29, 0.717) is 35.8 Å². The average Bonchev–Trinajstić information content (AvgIpc) is 2.68. The summed E-state index contributed by atoms with van der Waals surface area (Å²) < 4.78 is 23.6. The van der Waals surface area contributed by atoms with Crippen molar-refractivity contribution in [3.63, 3.8) is 0 Å². The summed E-state index contributed by atoms with van der Waals surface area (Å²) in [6.45, 7) is 0.413. The highest BCUT2D eigenvalue weighted by atomic mass is 19.1. The van der Waals surface area contributed by atoms with E-state index in [-0.39, 0.29) is 24.2 Å². The number of ether oxygens (including phenoxy) is 2. The first-order chi connectivity index (χ1) is 13.1. The number of rotatable bonds is 6. The lowest BCUT2D eigenvalue weighted by Crippen LogP contribution is -2.35. The van der Waals surface area contributed by atoms with Gasteiger partial charge in [0.1, 0.15) is 17.3 Å². The van der Waals surface area contributed by atoms with Gasteiger partial charge in [-0.05, 0) is 55.3 Å². The van der Waals surface area contributed by atoms with Crippen LogP contribution in [0.3, 0.4) is 0 Å². The Hall–Kier alpha value is -3.09. The van der Waals surface area contributed by atoms with Crippen LogP contribution in [-0.4, -0.2) is 32.1 Å². The molecule has 0 aliphatic carbocycles. The van der Waals surface area contributed by atoms with Gasteiger partial charge in [-0.25, -0.2) is 4.39 Å². The fraction of sp³-hybridized carbons (Fsp3) is 0.300. The molecule has 6 nitrogen and oxygen atoms in total. The van der Waals surface area contributed by atoms with E-state index < -0.39 is 0 Å². The van der Waals surface area contributed by atoms with Gasteiger partial charge in [0.25, 0.3) is 5.91 Å². The maximum absolute atomic E-state index is 12.9. The van der Waals surface area contributed by atoms with Crippen LogP contribution in [0.4, 0.5) is 15.8 Å². The molecule has 0 aromatic heterocycles. The zero-order chi connectivity index (χ0) is 19.2. The number of anilines is 2. The fourth-order valence-electron chi connectivity index (χ4n) is 2.92. The Bertz CT molecular complexity index is 823. The Kier molecular flexibility index (Phi) is 5.90.